The number of amides is 2. The molecule has 7 heteroatoms. The number of halogens is 1. The quantitative estimate of drug-likeness (QED) is 0.574. The number of fused-ring (bicyclic) bond motifs is 3. The zero-order valence-electron chi connectivity index (χ0n) is 19.3. The molecule has 0 bridgehead atoms. The first-order valence-electron chi connectivity index (χ1n) is 11.7. The van der Waals surface area contributed by atoms with Gasteiger partial charge in [-0.1, -0.05) is 38.8 Å². The van der Waals surface area contributed by atoms with Crippen molar-refractivity contribution in [3.8, 4) is 0 Å². The normalized spacial score (nSPS) is 27.6. The molecular weight excluding hydrogens is 437 g/mol. The standard InChI is InChI=1S/C26H30FN3O2S/c1-16-6-4-9-20(17(16)2)28-25(32)26(3)15-29-21-10-11-33-23(21)13-22(29)24(31)30(26)14-18-7-5-8-19(27)12-18/h5,7-8,10-13,16-17,20H,4,6,9,14-15H2,1-3H3,(H,28,32)/t16-,17+,20+,26+/m1/s1. The van der Waals surface area contributed by atoms with Gasteiger partial charge < -0.3 is 14.8 Å². The highest BCUT2D eigenvalue weighted by Crippen LogP contribution is 2.36. The lowest BCUT2D eigenvalue weighted by Gasteiger charge is -2.45. The van der Waals surface area contributed by atoms with Gasteiger partial charge in [-0.2, -0.15) is 0 Å². The van der Waals surface area contributed by atoms with Crippen LogP contribution in [-0.4, -0.2) is 32.9 Å². The van der Waals surface area contributed by atoms with Crippen molar-refractivity contribution in [3.05, 3.63) is 58.9 Å². The number of thiophene rings is 1. The topological polar surface area (TPSA) is 54.3 Å². The molecule has 174 valence electrons. The highest BCUT2D eigenvalue weighted by molar-refractivity contribution is 7.17. The van der Waals surface area contributed by atoms with Gasteiger partial charge in [-0.3, -0.25) is 9.59 Å². The Balaban J connectivity index is 1.53. The van der Waals surface area contributed by atoms with E-state index in [9.17, 15) is 14.0 Å². The summed E-state index contributed by atoms with van der Waals surface area (Å²) in [6, 6.07) is 10.3. The van der Waals surface area contributed by atoms with E-state index >= 15 is 0 Å². The number of hydrogen-bond acceptors (Lipinski definition) is 3. The lowest BCUT2D eigenvalue weighted by molar-refractivity contribution is -0.134. The summed E-state index contributed by atoms with van der Waals surface area (Å²) < 4.78 is 16.9. The number of carbonyl (C=O) groups excluding carboxylic acids is 2. The molecule has 0 unspecified atom stereocenters. The molecule has 2 aliphatic rings. The second kappa shape index (κ2) is 8.28. The fourth-order valence-electron chi connectivity index (χ4n) is 5.45. The van der Waals surface area contributed by atoms with Crippen LogP contribution in [0.2, 0.25) is 0 Å². The molecule has 1 saturated carbocycles. The van der Waals surface area contributed by atoms with Crippen LogP contribution in [0.1, 0.15) is 56.1 Å². The van der Waals surface area contributed by atoms with Crippen molar-refractivity contribution in [1.82, 2.24) is 14.8 Å². The molecule has 2 aromatic heterocycles. The molecule has 1 aromatic carbocycles. The molecule has 4 atom stereocenters. The molecule has 0 saturated heterocycles. The van der Waals surface area contributed by atoms with Crippen molar-refractivity contribution < 1.29 is 14.0 Å². The molecule has 1 N–H and O–H groups in total. The van der Waals surface area contributed by atoms with E-state index in [2.05, 4.69) is 19.2 Å². The van der Waals surface area contributed by atoms with Crippen molar-refractivity contribution in [2.45, 2.75) is 64.7 Å². The number of benzene rings is 1. The Labute approximate surface area is 197 Å². The number of aromatic nitrogens is 1. The first-order chi connectivity index (χ1) is 15.8. The first-order valence-corrected chi connectivity index (χ1v) is 12.6. The Hall–Kier alpha value is -2.67. The van der Waals surface area contributed by atoms with Gasteiger partial charge in [0.15, 0.2) is 0 Å². The molecule has 3 aromatic rings. The van der Waals surface area contributed by atoms with Crippen molar-refractivity contribution in [1.29, 1.82) is 0 Å². The third-order valence-corrected chi connectivity index (χ3v) is 8.64. The van der Waals surface area contributed by atoms with Crippen molar-refractivity contribution in [2.24, 2.45) is 11.8 Å². The van der Waals surface area contributed by atoms with E-state index in [1.165, 1.54) is 18.6 Å². The van der Waals surface area contributed by atoms with Crippen LogP contribution in [-0.2, 0) is 17.9 Å². The lowest BCUT2D eigenvalue weighted by Crippen LogP contribution is -2.65. The maximum atomic E-state index is 13.9. The summed E-state index contributed by atoms with van der Waals surface area (Å²) in [5.41, 5.74) is 1.14. The average molecular weight is 468 g/mol. The highest BCUT2D eigenvalue weighted by Gasteiger charge is 2.48. The summed E-state index contributed by atoms with van der Waals surface area (Å²) in [5, 5.41) is 5.31. The van der Waals surface area contributed by atoms with Gasteiger partial charge in [-0.15, -0.1) is 11.3 Å². The number of nitrogens with one attached hydrogen (secondary N) is 1. The predicted molar refractivity (Wildman–Crippen MR) is 129 cm³/mol. The second-order valence-electron chi connectivity index (χ2n) is 9.93. The summed E-state index contributed by atoms with van der Waals surface area (Å²) in [7, 11) is 0. The van der Waals surface area contributed by atoms with Gasteiger partial charge in [0.25, 0.3) is 5.91 Å². The Morgan fingerprint density at radius 2 is 2.06 bits per heavy atom. The fraction of sp³-hybridized carbons (Fsp3) is 0.462. The summed E-state index contributed by atoms with van der Waals surface area (Å²) in [6.45, 7) is 6.83. The largest absolute Gasteiger partial charge is 0.351 e. The molecule has 5 rings (SSSR count). The first kappa shape index (κ1) is 22.1. The molecule has 33 heavy (non-hydrogen) atoms. The third-order valence-electron chi connectivity index (χ3n) is 7.79. The Morgan fingerprint density at radius 1 is 1.24 bits per heavy atom. The van der Waals surface area contributed by atoms with Gasteiger partial charge >= 0.3 is 0 Å². The molecule has 3 heterocycles. The van der Waals surface area contributed by atoms with Crippen LogP contribution in [0, 0.1) is 17.7 Å². The van der Waals surface area contributed by atoms with Crippen LogP contribution >= 0.6 is 11.3 Å². The van der Waals surface area contributed by atoms with Crippen molar-refractivity contribution in [2.75, 3.05) is 0 Å². The summed E-state index contributed by atoms with van der Waals surface area (Å²) >= 11 is 1.59. The van der Waals surface area contributed by atoms with Crippen LogP contribution in [0.4, 0.5) is 4.39 Å². The number of hydrogen-bond donors (Lipinski definition) is 1. The predicted octanol–water partition coefficient (Wildman–Crippen LogP) is 5.20. The Bertz CT molecular complexity index is 1220. The van der Waals surface area contributed by atoms with Crippen LogP contribution in [0.15, 0.2) is 41.8 Å². The fourth-order valence-corrected chi connectivity index (χ4v) is 6.27. The van der Waals surface area contributed by atoms with E-state index in [1.54, 1.807) is 28.4 Å². The highest BCUT2D eigenvalue weighted by atomic mass is 32.1. The van der Waals surface area contributed by atoms with Crippen LogP contribution in [0.5, 0.6) is 0 Å². The van der Waals surface area contributed by atoms with E-state index in [-0.39, 0.29) is 30.2 Å². The molecule has 0 spiro atoms. The van der Waals surface area contributed by atoms with Gasteiger partial charge in [0.1, 0.15) is 17.1 Å². The molecule has 1 aliphatic carbocycles. The molecule has 5 nitrogen and oxygen atoms in total. The van der Waals surface area contributed by atoms with E-state index in [4.69, 9.17) is 0 Å². The monoisotopic (exact) mass is 467 g/mol. The molecule has 1 aliphatic heterocycles. The third kappa shape index (κ3) is 3.76. The summed E-state index contributed by atoms with van der Waals surface area (Å²) in [6.07, 6.45) is 3.23. The van der Waals surface area contributed by atoms with E-state index in [0.717, 1.165) is 23.1 Å². The van der Waals surface area contributed by atoms with Gasteiger partial charge in [0, 0.05) is 12.6 Å². The zero-order chi connectivity index (χ0) is 23.3. The minimum absolute atomic E-state index is 0.0939. The summed E-state index contributed by atoms with van der Waals surface area (Å²) in [5.74, 6) is 0.247. The molecule has 1 fully saturated rings. The SMILES string of the molecule is C[C@H]1[C@H](C)CCC[C@@H]1NC(=O)[C@]1(C)Cn2c(cc3sccc32)C(=O)N1Cc1cccc(F)c1. The van der Waals surface area contributed by atoms with Gasteiger partial charge in [-0.25, -0.2) is 4.39 Å². The maximum Gasteiger partial charge on any atom is 0.271 e. The smallest absolute Gasteiger partial charge is 0.271 e. The van der Waals surface area contributed by atoms with Crippen LogP contribution in [0.3, 0.4) is 0 Å². The van der Waals surface area contributed by atoms with Crippen molar-refractivity contribution >= 4 is 33.4 Å². The van der Waals surface area contributed by atoms with E-state index in [0.29, 0.717) is 29.6 Å². The molecular formula is C26H30FN3O2S. The lowest BCUT2D eigenvalue weighted by atomic mass is 9.77. The zero-order valence-corrected chi connectivity index (χ0v) is 20.1. The number of carbonyl (C=O) groups is 2. The van der Waals surface area contributed by atoms with Gasteiger partial charge in [0.05, 0.1) is 16.8 Å². The van der Waals surface area contributed by atoms with Crippen molar-refractivity contribution in [3.63, 3.8) is 0 Å². The molecule has 2 amide bonds. The average Bonchev–Trinajstić information content (AvgIpc) is 3.37. The van der Waals surface area contributed by atoms with Gasteiger partial charge in [0.2, 0.25) is 5.91 Å². The van der Waals surface area contributed by atoms with Crippen LogP contribution < -0.4 is 5.32 Å². The van der Waals surface area contributed by atoms with Crippen LogP contribution in [0.25, 0.3) is 10.2 Å². The number of nitrogens with zero attached hydrogens (tertiary/aromatic N) is 2. The maximum absolute atomic E-state index is 13.9. The molecule has 0 radical (unpaired) electrons. The summed E-state index contributed by atoms with van der Waals surface area (Å²) in [4.78, 5) is 29.2. The van der Waals surface area contributed by atoms with E-state index in [1.807, 2.05) is 29.0 Å². The Morgan fingerprint density at radius 3 is 2.85 bits per heavy atom. The van der Waals surface area contributed by atoms with Gasteiger partial charge in [-0.05, 0) is 60.4 Å². The minimum atomic E-state index is -1.09. The second-order valence-corrected chi connectivity index (χ2v) is 10.9. The Kier molecular flexibility index (Phi) is 5.55. The number of rotatable bonds is 4. The van der Waals surface area contributed by atoms with E-state index < -0.39 is 5.54 Å². The minimum Gasteiger partial charge on any atom is -0.351 e.